The van der Waals surface area contributed by atoms with Crippen molar-refractivity contribution in [1.82, 2.24) is 0 Å². The average molecular weight is 222 g/mol. The monoisotopic (exact) mass is 222 g/mol. The van der Waals surface area contributed by atoms with E-state index in [1.54, 1.807) is 0 Å². The molecule has 0 bridgehead atoms. The molecule has 0 aliphatic heterocycles. The molecule has 1 aromatic carbocycles. The first-order valence-electron chi connectivity index (χ1n) is 5.65. The van der Waals surface area contributed by atoms with Gasteiger partial charge in [0, 0.05) is 11.0 Å². The fraction of sp³-hybridized carbons (Fsp3) is 0.429. The summed E-state index contributed by atoms with van der Waals surface area (Å²) in [7, 11) is 0. The second-order valence-corrected chi connectivity index (χ2v) is 4.89. The number of hydrogen-bond acceptors (Lipinski definition) is 0. The smallest absolute Gasteiger partial charge is 0.127 e. The zero-order valence-corrected chi connectivity index (χ0v) is 9.69. The van der Waals surface area contributed by atoms with Crippen LogP contribution >= 0.6 is 0 Å². The van der Waals surface area contributed by atoms with Gasteiger partial charge in [0.15, 0.2) is 0 Å². The number of rotatable bonds is 1. The molecule has 0 nitrogen and oxygen atoms in total. The molecule has 0 amide bonds. The number of benzene rings is 1. The van der Waals surface area contributed by atoms with Crippen molar-refractivity contribution in [3.05, 3.63) is 47.0 Å². The Labute approximate surface area is 95.0 Å². The topological polar surface area (TPSA) is 0 Å². The van der Waals surface area contributed by atoms with Gasteiger partial charge in [0.2, 0.25) is 0 Å². The van der Waals surface area contributed by atoms with Crippen molar-refractivity contribution in [2.45, 2.75) is 38.5 Å². The van der Waals surface area contributed by atoms with Crippen molar-refractivity contribution in [2.24, 2.45) is 0 Å². The van der Waals surface area contributed by atoms with Crippen LogP contribution in [0.15, 0.2) is 29.8 Å². The Morgan fingerprint density at radius 2 is 2.00 bits per heavy atom. The van der Waals surface area contributed by atoms with Crippen LogP contribution in [0.25, 0.3) is 0 Å². The summed E-state index contributed by atoms with van der Waals surface area (Å²) < 4.78 is 26.9. The fourth-order valence-electron chi connectivity index (χ4n) is 2.57. The third-order valence-electron chi connectivity index (χ3n) is 3.38. The van der Waals surface area contributed by atoms with Gasteiger partial charge in [-0.2, -0.15) is 0 Å². The van der Waals surface area contributed by atoms with Crippen LogP contribution in [-0.4, -0.2) is 0 Å². The van der Waals surface area contributed by atoms with E-state index < -0.39 is 0 Å². The van der Waals surface area contributed by atoms with E-state index in [-0.39, 0.29) is 17.0 Å². The van der Waals surface area contributed by atoms with Gasteiger partial charge in [-0.1, -0.05) is 18.6 Å². The van der Waals surface area contributed by atoms with Crippen LogP contribution in [0, 0.1) is 11.6 Å². The van der Waals surface area contributed by atoms with Gasteiger partial charge in [-0.3, -0.25) is 0 Å². The van der Waals surface area contributed by atoms with Crippen molar-refractivity contribution in [3.63, 3.8) is 0 Å². The molecule has 0 fully saturated rings. The van der Waals surface area contributed by atoms with Gasteiger partial charge in [-0.05, 0) is 44.4 Å². The van der Waals surface area contributed by atoms with E-state index in [0.29, 0.717) is 5.56 Å². The molecule has 2 heteroatoms. The summed E-state index contributed by atoms with van der Waals surface area (Å²) in [6.07, 6.45) is 5.06. The van der Waals surface area contributed by atoms with Gasteiger partial charge in [0.25, 0.3) is 0 Å². The molecule has 0 saturated carbocycles. The highest BCUT2D eigenvalue weighted by Crippen LogP contribution is 2.38. The Morgan fingerprint density at radius 1 is 1.25 bits per heavy atom. The van der Waals surface area contributed by atoms with Crippen LogP contribution in [0.2, 0.25) is 0 Å². The van der Waals surface area contributed by atoms with E-state index in [4.69, 9.17) is 0 Å². The second kappa shape index (κ2) is 4.00. The van der Waals surface area contributed by atoms with E-state index in [9.17, 15) is 8.78 Å². The first-order chi connectivity index (χ1) is 7.51. The molecule has 0 spiro atoms. The Hall–Kier alpha value is -1.18. The lowest BCUT2D eigenvalue weighted by atomic mass is 9.73. The normalized spacial score (nSPS) is 25.4. The van der Waals surface area contributed by atoms with Gasteiger partial charge >= 0.3 is 0 Å². The standard InChI is InChI=1S/C14H16F2/c1-10-4-3-7-14(2,9-10)12-8-11(15)5-6-13(12)16/h5-6,8-9H,3-4,7H2,1-2H3/t14-/m1/s1. The molecular weight excluding hydrogens is 206 g/mol. The van der Waals surface area contributed by atoms with Crippen LogP contribution in [0.4, 0.5) is 8.78 Å². The molecule has 1 aromatic rings. The maximum Gasteiger partial charge on any atom is 0.127 e. The van der Waals surface area contributed by atoms with Crippen LogP contribution in [0.3, 0.4) is 0 Å². The van der Waals surface area contributed by atoms with Gasteiger partial charge in [-0.25, -0.2) is 8.78 Å². The summed E-state index contributed by atoms with van der Waals surface area (Å²) in [6.45, 7) is 4.03. The first kappa shape index (κ1) is 11.3. The first-order valence-corrected chi connectivity index (χ1v) is 5.65. The largest absolute Gasteiger partial charge is 0.207 e. The fourth-order valence-corrected chi connectivity index (χ4v) is 2.57. The minimum Gasteiger partial charge on any atom is -0.207 e. The summed E-state index contributed by atoms with van der Waals surface area (Å²) in [5.74, 6) is -0.677. The van der Waals surface area contributed by atoms with Crippen molar-refractivity contribution in [1.29, 1.82) is 0 Å². The second-order valence-electron chi connectivity index (χ2n) is 4.89. The Morgan fingerprint density at radius 3 is 2.69 bits per heavy atom. The molecule has 86 valence electrons. The van der Waals surface area contributed by atoms with Crippen LogP contribution in [0.5, 0.6) is 0 Å². The zero-order chi connectivity index (χ0) is 11.8. The van der Waals surface area contributed by atoms with E-state index in [0.717, 1.165) is 19.3 Å². The van der Waals surface area contributed by atoms with E-state index in [1.807, 2.05) is 6.92 Å². The quantitative estimate of drug-likeness (QED) is 0.619. The molecule has 0 saturated heterocycles. The highest BCUT2D eigenvalue weighted by Gasteiger charge is 2.29. The maximum absolute atomic E-state index is 13.7. The molecule has 2 rings (SSSR count). The third kappa shape index (κ3) is 2.01. The summed E-state index contributed by atoms with van der Waals surface area (Å²) in [4.78, 5) is 0. The SMILES string of the molecule is CC1=C[C@](C)(c2cc(F)ccc2F)CCC1. The third-order valence-corrected chi connectivity index (χ3v) is 3.38. The number of allylic oxidation sites excluding steroid dienone is 2. The minimum absolute atomic E-state index is 0.310. The Balaban J connectivity index is 2.50. The predicted octanol–water partition coefficient (Wildman–Crippen LogP) is 4.35. The van der Waals surface area contributed by atoms with Crippen LogP contribution in [-0.2, 0) is 5.41 Å². The van der Waals surface area contributed by atoms with Gasteiger partial charge < -0.3 is 0 Å². The van der Waals surface area contributed by atoms with Crippen molar-refractivity contribution in [3.8, 4) is 0 Å². The van der Waals surface area contributed by atoms with Crippen LogP contribution < -0.4 is 0 Å². The lowest BCUT2D eigenvalue weighted by molar-refractivity contribution is 0.453. The molecule has 1 aliphatic rings. The summed E-state index contributed by atoms with van der Waals surface area (Å²) in [6, 6.07) is 3.71. The molecule has 16 heavy (non-hydrogen) atoms. The average Bonchev–Trinajstić information content (AvgIpc) is 2.21. The summed E-state index contributed by atoms with van der Waals surface area (Å²) >= 11 is 0. The van der Waals surface area contributed by atoms with Gasteiger partial charge in [0.05, 0.1) is 0 Å². The Kier molecular flexibility index (Phi) is 2.83. The van der Waals surface area contributed by atoms with Crippen molar-refractivity contribution in [2.75, 3.05) is 0 Å². The summed E-state index contributed by atoms with van der Waals surface area (Å²) in [5.41, 5.74) is 1.39. The zero-order valence-electron chi connectivity index (χ0n) is 9.69. The predicted molar refractivity (Wildman–Crippen MR) is 61.3 cm³/mol. The van der Waals surface area contributed by atoms with Gasteiger partial charge in [0.1, 0.15) is 11.6 Å². The Bertz CT molecular complexity index is 434. The molecule has 0 N–H and O–H groups in total. The lowest BCUT2D eigenvalue weighted by Crippen LogP contribution is -2.24. The van der Waals surface area contributed by atoms with Crippen LogP contribution in [0.1, 0.15) is 38.7 Å². The molecule has 0 heterocycles. The maximum atomic E-state index is 13.7. The number of halogens is 2. The molecular formula is C14H16F2. The van der Waals surface area contributed by atoms with Gasteiger partial charge in [-0.15, -0.1) is 0 Å². The van der Waals surface area contributed by atoms with Crippen molar-refractivity contribution >= 4 is 0 Å². The highest BCUT2D eigenvalue weighted by molar-refractivity contribution is 5.34. The van der Waals surface area contributed by atoms with E-state index in [2.05, 4.69) is 13.0 Å². The summed E-state index contributed by atoms with van der Waals surface area (Å²) in [5, 5.41) is 0. The van der Waals surface area contributed by atoms with E-state index in [1.165, 1.54) is 23.8 Å². The number of hydrogen-bond donors (Lipinski definition) is 0. The molecule has 1 aliphatic carbocycles. The minimum atomic E-state index is -0.366. The molecule has 0 aromatic heterocycles. The molecule has 0 unspecified atom stereocenters. The lowest BCUT2D eigenvalue weighted by Gasteiger charge is -2.31. The molecule has 1 atom stereocenters. The highest BCUT2D eigenvalue weighted by atomic mass is 19.1. The van der Waals surface area contributed by atoms with Crippen molar-refractivity contribution < 1.29 is 8.78 Å². The van der Waals surface area contributed by atoms with E-state index >= 15 is 0 Å². The molecule has 0 radical (unpaired) electrons.